The zero-order valence-corrected chi connectivity index (χ0v) is 15.3. The molecule has 0 aliphatic carbocycles. The highest BCUT2D eigenvalue weighted by Crippen LogP contribution is 2.21. The molecule has 0 aliphatic heterocycles. The first-order valence-electron chi connectivity index (χ1n) is 8.57. The van der Waals surface area contributed by atoms with Gasteiger partial charge in [-0.15, -0.1) is 0 Å². The van der Waals surface area contributed by atoms with Gasteiger partial charge in [0.2, 0.25) is 0 Å². The fourth-order valence-corrected chi connectivity index (χ4v) is 2.78. The minimum Gasteiger partial charge on any atom is -0.495 e. The molecular weight excluding hydrogens is 346 g/mol. The Hall–Kier alpha value is -3.19. The van der Waals surface area contributed by atoms with Crippen molar-refractivity contribution < 1.29 is 14.3 Å². The van der Waals surface area contributed by atoms with Crippen molar-refractivity contribution in [1.29, 1.82) is 0 Å². The third-order valence-corrected chi connectivity index (χ3v) is 4.18. The van der Waals surface area contributed by atoms with Crippen LogP contribution in [0.25, 0.3) is 16.6 Å². The van der Waals surface area contributed by atoms with Crippen LogP contribution in [0.15, 0.2) is 53.6 Å². The number of fused-ring (bicyclic) bond motifs is 1. The summed E-state index contributed by atoms with van der Waals surface area (Å²) in [4.78, 5) is 29.5. The predicted octanol–water partition coefficient (Wildman–Crippen LogP) is 2.16. The summed E-state index contributed by atoms with van der Waals surface area (Å²) in [6.45, 7) is 1.11. The molecule has 0 aliphatic rings. The maximum absolute atomic E-state index is 12.9. The van der Waals surface area contributed by atoms with Crippen molar-refractivity contribution in [2.75, 3.05) is 27.4 Å². The van der Waals surface area contributed by atoms with Gasteiger partial charge in [-0.25, -0.2) is 4.98 Å². The van der Waals surface area contributed by atoms with E-state index in [0.717, 1.165) is 6.42 Å². The number of nitrogens with one attached hydrogen (secondary N) is 1. The number of amides is 1. The molecule has 0 radical (unpaired) electrons. The number of carbonyl (C=O) groups is 1. The lowest BCUT2D eigenvalue weighted by Gasteiger charge is -2.11. The summed E-state index contributed by atoms with van der Waals surface area (Å²) < 4.78 is 11.7. The van der Waals surface area contributed by atoms with Gasteiger partial charge in [-0.1, -0.05) is 12.1 Å². The molecule has 7 heteroatoms. The lowest BCUT2D eigenvalue weighted by molar-refractivity contribution is 0.0948. The van der Waals surface area contributed by atoms with E-state index in [1.54, 1.807) is 44.6 Å². The smallest absolute Gasteiger partial charge is 0.265 e. The maximum Gasteiger partial charge on any atom is 0.265 e. The van der Waals surface area contributed by atoms with E-state index in [-0.39, 0.29) is 11.5 Å². The van der Waals surface area contributed by atoms with Crippen molar-refractivity contribution in [2.45, 2.75) is 6.42 Å². The van der Waals surface area contributed by atoms with E-state index >= 15 is 0 Å². The van der Waals surface area contributed by atoms with Gasteiger partial charge in [0.15, 0.2) is 0 Å². The molecule has 27 heavy (non-hydrogen) atoms. The minimum atomic E-state index is -0.225. The summed E-state index contributed by atoms with van der Waals surface area (Å²) in [5, 5.41) is 3.25. The second-order valence-electron chi connectivity index (χ2n) is 5.93. The summed E-state index contributed by atoms with van der Waals surface area (Å²) in [5.74, 6) is 0.372. The highest BCUT2D eigenvalue weighted by atomic mass is 16.5. The Kier molecular flexibility index (Phi) is 5.83. The van der Waals surface area contributed by atoms with E-state index in [1.807, 2.05) is 12.1 Å². The molecule has 0 unspecified atom stereocenters. The average Bonchev–Trinajstić information content (AvgIpc) is 2.71. The standard InChI is InChI=1S/C20H21N3O4/c1-26-11-5-10-21-19(24)14-8-9-15-16(12-14)22-13-23(20(15)25)17-6-3-4-7-18(17)27-2/h3-4,6-9,12-13H,5,10-11H2,1-2H3,(H,21,24). The molecule has 3 aromatic rings. The summed E-state index contributed by atoms with van der Waals surface area (Å²) in [6.07, 6.45) is 2.18. The number of aromatic nitrogens is 2. The maximum atomic E-state index is 12.9. The number of carbonyl (C=O) groups excluding carboxylic acids is 1. The van der Waals surface area contributed by atoms with Gasteiger partial charge in [-0.05, 0) is 36.8 Å². The number of hydrogen-bond acceptors (Lipinski definition) is 5. The van der Waals surface area contributed by atoms with Crippen LogP contribution in [0.3, 0.4) is 0 Å². The second kappa shape index (κ2) is 8.46. The Balaban J connectivity index is 1.92. The third kappa shape index (κ3) is 3.98. The number of nitrogens with zero attached hydrogens (tertiary/aromatic N) is 2. The molecule has 0 saturated carbocycles. The van der Waals surface area contributed by atoms with E-state index in [9.17, 15) is 9.59 Å². The lowest BCUT2D eigenvalue weighted by atomic mass is 10.1. The van der Waals surface area contributed by atoms with E-state index in [2.05, 4.69) is 10.3 Å². The largest absolute Gasteiger partial charge is 0.495 e. The Bertz CT molecular complexity index is 1010. The van der Waals surface area contributed by atoms with E-state index in [4.69, 9.17) is 9.47 Å². The van der Waals surface area contributed by atoms with Gasteiger partial charge in [-0.2, -0.15) is 0 Å². The van der Waals surface area contributed by atoms with Crippen LogP contribution in [-0.4, -0.2) is 42.8 Å². The summed E-state index contributed by atoms with van der Waals surface area (Å²) >= 11 is 0. The first-order valence-corrected chi connectivity index (χ1v) is 8.57. The predicted molar refractivity (Wildman–Crippen MR) is 103 cm³/mol. The topological polar surface area (TPSA) is 82.5 Å². The van der Waals surface area contributed by atoms with Crippen LogP contribution < -0.4 is 15.6 Å². The average molecular weight is 367 g/mol. The quantitative estimate of drug-likeness (QED) is 0.647. The number of rotatable bonds is 7. The van der Waals surface area contributed by atoms with Crippen molar-refractivity contribution >= 4 is 16.8 Å². The number of ether oxygens (including phenoxy) is 2. The van der Waals surface area contributed by atoms with Gasteiger partial charge in [0, 0.05) is 25.8 Å². The van der Waals surface area contributed by atoms with E-state index < -0.39 is 0 Å². The van der Waals surface area contributed by atoms with Crippen LogP contribution in [0.2, 0.25) is 0 Å². The summed E-state index contributed by atoms with van der Waals surface area (Å²) in [7, 11) is 3.17. The molecule has 1 N–H and O–H groups in total. The molecule has 2 aromatic carbocycles. The zero-order chi connectivity index (χ0) is 19.2. The second-order valence-corrected chi connectivity index (χ2v) is 5.93. The highest BCUT2D eigenvalue weighted by molar-refractivity contribution is 5.97. The third-order valence-electron chi connectivity index (χ3n) is 4.18. The van der Waals surface area contributed by atoms with E-state index in [0.29, 0.717) is 41.1 Å². The molecule has 3 rings (SSSR count). The van der Waals surface area contributed by atoms with Crippen molar-refractivity contribution in [3.63, 3.8) is 0 Å². The number of benzene rings is 2. The first kappa shape index (κ1) is 18.6. The molecule has 0 bridgehead atoms. The molecule has 0 spiro atoms. The normalized spacial score (nSPS) is 10.7. The van der Waals surface area contributed by atoms with Gasteiger partial charge >= 0.3 is 0 Å². The fraction of sp³-hybridized carbons (Fsp3) is 0.250. The Morgan fingerprint density at radius 3 is 2.78 bits per heavy atom. The lowest BCUT2D eigenvalue weighted by Crippen LogP contribution is -2.25. The van der Waals surface area contributed by atoms with Gasteiger partial charge in [0.25, 0.3) is 11.5 Å². The fourth-order valence-electron chi connectivity index (χ4n) is 2.78. The van der Waals surface area contributed by atoms with Crippen molar-refractivity contribution in [3.05, 3.63) is 64.7 Å². The van der Waals surface area contributed by atoms with E-state index in [1.165, 1.54) is 10.9 Å². The molecule has 0 saturated heterocycles. The van der Waals surface area contributed by atoms with Gasteiger partial charge in [0.1, 0.15) is 12.1 Å². The highest BCUT2D eigenvalue weighted by Gasteiger charge is 2.12. The van der Waals surface area contributed by atoms with Crippen molar-refractivity contribution in [2.24, 2.45) is 0 Å². The molecule has 0 fully saturated rings. The summed E-state index contributed by atoms with van der Waals surface area (Å²) in [5.41, 5.74) is 1.31. The van der Waals surface area contributed by atoms with Crippen LogP contribution >= 0.6 is 0 Å². The van der Waals surface area contributed by atoms with Gasteiger partial charge < -0.3 is 14.8 Å². The monoisotopic (exact) mass is 367 g/mol. The van der Waals surface area contributed by atoms with Crippen LogP contribution in [0.5, 0.6) is 5.75 Å². The molecule has 1 heterocycles. The Morgan fingerprint density at radius 2 is 2.00 bits per heavy atom. The Labute approximate surface area is 156 Å². The minimum absolute atomic E-state index is 0.205. The van der Waals surface area contributed by atoms with Gasteiger partial charge in [0.05, 0.1) is 23.7 Å². The first-order chi connectivity index (χ1) is 13.2. The number of methoxy groups -OCH3 is 2. The van der Waals surface area contributed by atoms with Gasteiger partial charge in [-0.3, -0.25) is 14.2 Å². The molecule has 1 aromatic heterocycles. The zero-order valence-electron chi connectivity index (χ0n) is 15.3. The molecular formula is C20H21N3O4. The number of para-hydroxylation sites is 2. The van der Waals surface area contributed by atoms with Crippen molar-refractivity contribution in [3.8, 4) is 11.4 Å². The summed E-state index contributed by atoms with van der Waals surface area (Å²) in [6, 6.07) is 12.1. The molecule has 0 atom stereocenters. The molecule has 140 valence electrons. The molecule has 7 nitrogen and oxygen atoms in total. The SMILES string of the molecule is COCCCNC(=O)c1ccc2c(=O)n(-c3ccccc3OC)cnc2c1. The van der Waals surface area contributed by atoms with Crippen LogP contribution in [0, 0.1) is 0 Å². The van der Waals surface area contributed by atoms with Crippen LogP contribution in [0.4, 0.5) is 0 Å². The molecule has 1 amide bonds. The Morgan fingerprint density at radius 1 is 1.19 bits per heavy atom. The van der Waals surface area contributed by atoms with Crippen LogP contribution in [0.1, 0.15) is 16.8 Å². The van der Waals surface area contributed by atoms with Crippen molar-refractivity contribution in [1.82, 2.24) is 14.9 Å². The number of hydrogen-bond donors (Lipinski definition) is 1. The van der Waals surface area contributed by atoms with Crippen LogP contribution in [-0.2, 0) is 4.74 Å².